The molecule has 2 atom stereocenters. The van der Waals surface area contributed by atoms with Gasteiger partial charge >= 0.3 is 0 Å². The van der Waals surface area contributed by atoms with Gasteiger partial charge in [-0.15, -0.1) is 10.2 Å². The average molecular weight is 374 g/mol. The van der Waals surface area contributed by atoms with E-state index >= 15 is 0 Å². The van der Waals surface area contributed by atoms with Gasteiger partial charge in [0.25, 0.3) is 0 Å². The summed E-state index contributed by atoms with van der Waals surface area (Å²) in [5.41, 5.74) is 2.35. The lowest BCUT2D eigenvalue weighted by atomic mass is 9.81. The average Bonchev–Trinajstić information content (AvgIpc) is 2.93. The molecule has 0 saturated heterocycles. The number of aromatic amines is 1. The van der Waals surface area contributed by atoms with E-state index in [9.17, 15) is 8.42 Å². The molecule has 0 spiro atoms. The zero-order valence-electron chi connectivity index (χ0n) is 14.8. The fourth-order valence-electron chi connectivity index (χ4n) is 4.99. The fraction of sp³-hybridized carbons (Fsp3) is 0.588. The Kier molecular flexibility index (Phi) is 3.01. The standard InChI is InChI=1S/C17H22N6O2S/c1-16(2)8-10(17(4-5-17)26(18,24)25)7-11(16)15-22-21-13-9-20-14-12(23(13)15)3-6-19-14/h3,6,9-11,19H,4-5,7-8H2,1-2H3,(H2,18,24,25)/t10-,11+/m1/s1. The summed E-state index contributed by atoms with van der Waals surface area (Å²) < 4.78 is 25.7. The minimum Gasteiger partial charge on any atom is -0.345 e. The maximum absolute atomic E-state index is 12.2. The summed E-state index contributed by atoms with van der Waals surface area (Å²) in [6.45, 7) is 4.38. The van der Waals surface area contributed by atoms with Crippen molar-refractivity contribution >= 4 is 26.8 Å². The van der Waals surface area contributed by atoms with Crippen molar-refractivity contribution in [2.45, 2.75) is 50.2 Å². The van der Waals surface area contributed by atoms with Crippen LogP contribution in [0.25, 0.3) is 16.8 Å². The van der Waals surface area contributed by atoms with Crippen LogP contribution in [-0.2, 0) is 10.0 Å². The predicted octanol–water partition coefficient (Wildman–Crippen LogP) is 1.95. The fourth-order valence-corrected chi connectivity index (χ4v) is 6.31. The topological polar surface area (TPSA) is 119 Å². The molecule has 9 heteroatoms. The highest BCUT2D eigenvalue weighted by atomic mass is 32.2. The molecule has 26 heavy (non-hydrogen) atoms. The van der Waals surface area contributed by atoms with E-state index in [1.165, 1.54) is 0 Å². The Morgan fingerprint density at radius 1 is 1.31 bits per heavy atom. The van der Waals surface area contributed by atoms with Crippen LogP contribution in [0.15, 0.2) is 18.5 Å². The lowest BCUT2D eigenvalue weighted by molar-refractivity contribution is 0.311. The van der Waals surface area contributed by atoms with Crippen LogP contribution in [0.2, 0.25) is 0 Å². The van der Waals surface area contributed by atoms with Crippen molar-refractivity contribution in [2.75, 3.05) is 0 Å². The van der Waals surface area contributed by atoms with E-state index in [4.69, 9.17) is 5.14 Å². The summed E-state index contributed by atoms with van der Waals surface area (Å²) in [7, 11) is -3.54. The number of nitrogens with two attached hydrogens (primary N) is 1. The molecule has 8 nitrogen and oxygen atoms in total. The number of rotatable bonds is 3. The molecule has 2 aliphatic rings. The van der Waals surface area contributed by atoms with E-state index < -0.39 is 14.8 Å². The minimum absolute atomic E-state index is 0.0633. The van der Waals surface area contributed by atoms with Gasteiger partial charge < -0.3 is 4.98 Å². The quantitative estimate of drug-likeness (QED) is 0.726. The molecule has 0 bridgehead atoms. The number of hydrogen-bond donors (Lipinski definition) is 2. The van der Waals surface area contributed by atoms with Crippen molar-refractivity contribution in [3.05, 3.63) is 24.3 Å². The first-order valence-electron chi connectivity index (χ1n) is 8.92. The second kappa shape index (κ2) is 4.83. The van der Waals surface area contributed by atoms with Gasteiger partial charge in [0, 0.05) is 12.1 Å². The van der Waals surface area contributed by atoms with Crippen molar-refractivity contribution in [3.63, 3.8) is 0 Å². The van der Waals surface area contributed by atoms with Crippen molar-refractivity contribution in [2.24, 2.45) is 16.5 Å². The van der Waals surface area contributed by atoms with Crippen LogP contribution in [0, 0.1) is 11.3 Å². The molecule has 3 N–H and O–H groups in total. The van der Waals surface area contributed by atoms with Crippen LogP contribution in [0.5, 0.6) is 0 Å². The summed E-state index contributed by atoms with van der Waals surface area (Å²) >= 11 is 0. The van der Waals surface area contributed by atoms with Gasteiger partial charge in [0.2, 0.25) is 10.0 Å². The smallest absolute Gasteiger partial charge is 0.215 e. The molecule has 0 aromatic carbocycles. The van der Waals surface area contributed by atoms with Gasteiger partial charge in [-0.25, -0.2) is 18.5 Å². The molecule has 2 aliphatic carbocycles. The first-order valence-corrected chi connectivity index (χ1v) is 10.5. The number of primary sulfonamides is 1. The lowest BCUT2D eigenvalue weighted by Gasteiger charge is -2.26. The Morgan fingerprint density at radius 2 is 2.08 bits per heavy atom. The van der Waals surface area contributed by atoms with Crippen LogP contribution in [-0.4, -0.2) is 37.7 Å². The third-order valence-electron chi connectivity index (χ3n) is 6.57. The number of fused-ring (bicyclic) bond motifs is 3. The van der Waals surface area contributed by atoms with Crippen LogP contribution in [0.4, 0.5) is 0 Å². The van der Waals surface area contributed by atoms with Crippen LogP contribution in [0.3, 0.4) is 0 Å². The number of nitrogens with one attached hydrogen (secondary N) is 1. The van der Waals surface area contributed by atoms with Gasteiger partial charge in [-0.05, 0) is 43.1 Å². The van der Waals surface area contributed by atoms with E-state index in [0.717, 1.165) is 29.8 Å². The highest BCUT2D eigenvalue weighted by Crippen LogP contribution is 2.61. The SMILES string of the molecule is CC1(C)C[C@H](C2(S(N)(=O)=O)CC2)C[C@H]1c1nnc2cnc3[nH]ccc3n12. The van der Waals surface area contributed by atoms with Crippen LogP contribution in [0.1, 0.15) is 51.3 Å². The molecule has 5 rings (SSSR count). The van der Waals surface area contributed by atoms with Gasteiger partial charge in [-0.3, -0.25) is 4.40 Å². The highest BCUT2D eigenvalue weighted by Gasteiger charge is 2.62. The van der Waals surface area contributed by atoms with Gasteiger partial charge in [-0.1, -0.05) is 13.8 Å². The van der Waals surface area contributed by atoms with Gasteiger partial charge in [0.05, 0.1) is 16.5 Å². The largest absolute Gasteiger partial charge is 0.345 e. The molecular formula is C17H22N6O2S. The molecule has 2 saturated carbocycles. The van der Waals surface area contributed by atoms with Gasteiger partial charge in [0.1, 0.15) is 5.82 Å². The third-order valence-corrected chi connectivity index (χ3v) is 8.44. The summed E-state index contributed by atoms with van der Waals surface area (Å²) in [5, 5.41) is 14.4. The Bertz CT molecular complexity index is 1120. The van der Waals surface area contributed by atoms with E-state index in [1.807, 2.05) is 16.7 Å². The van der Waals surface area contributed by atoms with Crippen molar-refractivity contribution < 1.29 is 8.42 Å². The summed E-state index contributed by atoms with van der Waals surface area (Å²) in [4.78, 5) is 7.49. The molecule has 138 valence electrons. The number of nitrogens with zero attached hydrogens (tertiary/aromatic N) is 4. The zero-order chi connectivity index (χ0) is 18.3. The molecule has 0 amide bonds. The van der Waals surface area contributed by atoms with Gasteiger partial charge in [0.15, 0.2) is 11.3 Å². The van der Waals surface area contributed by atoms with E-state index in [2.05, 4.69) is 34.0 Å². The number of hydrogen-bond acceptors (Lipinski definition) is 5. The first kappa shape index (κ1) is 16.2. The lowest BCUT2D eigenvalue weighted by Crippen LogP contribution is -2.36. The number of sulfonamides is 1. The molecule has 0 aliphatic heterocycles. The summed E-state index contributed by atoms with van der Waals surface area (Å²) in [5.74, 6) is 1.06. The maximum atomic E-state index is 12.2. The van der Waals surface area contributed by atoms with Crippen molar-refractivity contribution in [1.29, 1.82) is 0 Å². The highest BCUT2D eigenvalue weighted by molar-refractivity contribution is 7.90. The molecule has 2 fully saturated rings. The number of aromatic nitrogens is 5. The Hall–Kier alpha value is -2.00. The number of H-pyrrole nitrogens is 1. The second-order valence-corrected chi connectivity index (χ2v) is 10.4. The first-order chi connectivity index (χ1) is 12.2. The maximum Gasteiger partial charge on any atom is 0.215 e. The monoisotopic (exact) mass is 374 g/mol. The van der Waals surface area contributed by atoms with E-state index in [0.29, 0.717) is 18.5 Å². The summed E-state index contributed by atoms with van der Waals surface area (Å²) in [6, 6.07) is 1.97. The molecule has 0 unspecified atom stereocenters. The van der Waals surface area contributed by atoms with E-state index in [1.54, 1.807) is 6.20 Å². The van der Waals surface area contributed by atoms with Crippen molar-refractivity contribution in [3.8, 4) is 0 Å². The normalized spacial score (nSPS) is 27.3. The Balaban J connectivity index is 1.62. The molecule has 3 heterocycles. The molecular weight excluding hydrogens is 352 g/mol. The molecule has 0 radical (unpaired) electrons. The predicted molar refractivity (Wildman–Crippen MR) is 97.0 cm³/mol. The zero-order valence-corrected chi connectivity index (χ0v) is 15.6. The second-order valence-electron chi connectivity index (χ2n) is 8.51. The molecule has 3 aromatic rings. The summed E-state index contributed by atoms with van der Waals surface area (Å²) in [6.07, 6.45) is 6.49. The van der Waals surface area contributed by atoms with Gasteiger partial charge in [-0.2, -0.15) is 0 Å². The third kappa shape index (κ3) is 2.04. The Labute approximate surface area is 151 Å². The van der Waals surface area contributed by atoms with Crippen LogP contribution < -0.4 is 5.14 Å². The Morgan fingerprint density at radius 3 is 2.77 bits per heavy atom. The molecule has 3 aromatic heterocycles. The minimum atomic E-state index is -3.54. The van der Waals surface area contributed by atoms with E-state index in [-0.39, 0.29) is 17.3 Å². The van der Waals surface area contributed by atoms with Crippen molar-refractivity contribution in [1.82, 2.24) is 24.6 Å². The van der Waals surface area contributed by atoms with Crippen LogP contribution >= 0.6 is 0 Å².